The smallest absolute Gasteiger partial charge is 0.259 e. The molecule has 158 valence electrons. The molecule has 0 fully saturated rings. The minimum absolute atomic E-state index is 0.181. The van der Waals surface area contributed by atoms with Crippen molar-refractivity contribution in [1.82, 2.24) is 10.7 Å². The van der Waals surface area contributed by atoms with Gasteiger partial charge >= 0.3 is 0 Å². The van der Waals surface area contributed by atoms with E-state index in [0.717, 1.165) is 15.6 Å². The average Bonchev–Trinajstić information content (AvgIpc) is 2.78. The van der Waals surface area contributed by atoms with Gasteiger partial charge in [-0.15, -0.1) is 0 Å². The zero-order valence-electron chi connectivity index (χ0n) is 17.0. The molecular weight excluding hydrogens is 458 g/mol. The Bertz CT molecular complexity index is 1070. The third-order valence-corrected chi connectivity index (χ3v) is 4.82. The normalized spacial score (nSPS) is 10.6. The van der Waals surface area contributed by atoms with Crippen molar-refractivity contribution in [3.8, 4) is 5.75 Å². The van der Waals surface area contributed by atoms with Crippen LogP contribution in [0, 0.1) is 6.92 Å². The lowest BCUT2D eigenvalue weighted by molar-refractivity contribution is -0.120. The predicted molar refractivity (Wildman–Crippen MR) is 124 cm³/mol. The summed E-state index contributed by atoms with van der Waals surface area (Å²) in [7, 11) is 0. The highest BCUT2D eigenvalue weighted by molar-refractivity contribution is 9.10. The molecule has 6 nitrogen and oxygen atoms in total. The lowest BCUT2D eigenvalue weighted by Gasteiger charge is -2.10. The molecular formula is C24H22BrN3O3. The van der Waals surface area contributed by atoms with Crippen LogP contribution in [0.3, 0.4) is 0 Å². The molecule has 0 saturated carbocycles. The predicted octanol–water partition coefficient (Wildman–Crippen LogP) is 4.22. The largest absolute Gasteiger partial charge is 0.488 e. The number of aryl methyl sites for hydroxylation is 1. The standard InChI is InChI=1S/C24H22BrN3O3/c1-17-7-9-19(10-8-17)24(30)26-15-23(29)28-27-14-20-13-21(25)11-12-22(20)31-16-18-5-3-2-4-6-18/h2-14H,15-16H2,1H3,(H,26,30)(H,28,29)/b27-14+. The number of carbonyl (C=O) groups is 2. The number of benzene rings is 3. The second-order valence-electron chi connectivity index (χ2n) is 6.80. The van der Waals surface area contributed by atoms with Gasteiger partial charge in [0, 0.05) is 15.6 Å². The summed E-state index contributed by atoms with van der Waals surface area (Å²) in [5.74, 6) is -0.112. The van der Waals surface area contributed by atoms with E-state index in [-0.39, 0.29) is 12.5 Å². The molecule has 31 heavy (non-hydrogen) atoms. The summed E-state index contributed by atoms with van der Waals surface area (Å²) in [6, 6.07) is 22.5. The second kappa shape index (κ2) is 11.1. The van der Waals surface area contributed by atoms with Crippen molar-refractivity contribution in [2.24, 2.45) is 5.10 Å². The Morgan fingerprint density at radius 3 is 2.52 bits per heavy atom. The van der Waals surface area contributed by atoms with Gasteiger partial charge in [-0.25, -0.2) is 5.43 Å². The Morgan fingerprint density at radius 2 is 1.77 bits per heavy atom. The number of nitrogens with one attached hydrogen (secondary N) is 2. The maximum atomic E-state index is 12.1. The van der Waals surface area contributed by atoms with Gasteiger partial charge in [0.05, 0.1) is 12.8 Å². The maximum Gasteiger partial charge on any atom is 0.259 e. The molecule has 0 aliphatic carbocycles. The number of ether oxygens (including phenoxy) is 1. The van der Waals surface area contributed by atoms with Gasteiger partial charge in [-0.05, 0) is 42.8 Å². The quantitative estimate of drug-likeness (QED) is 0.375. The van der Waals surface area contributed by atoms with E-state index in [4.69, 9.17) is 4.74 Å². The van der Waals surface area contributed by atoms with E-state index in [1.54, 1.807) is 12.1 Å². The Labute approximate surface area is 189 Å². The lowest BCUT2D eigenvalue weighted by atomic mass is 10.1. The van der Waals surface area contributed by atoms with Gasteiger partial charge in [0.15, 0.2) is 0 Å². The summed E-state index contributed by atoms with van der Waals surface area (Å²) in [6.45, 7) is 2.18. The summed E-state index contributed by atoms with van der Waals surface area (Å²) in [6.07, 6.45) is 1.50. The van der Waals surface area contributed by atoms with Crippen molar-refractivity contribution < 1.29 is 14.3 Å². The van der Waals surface area contributed by atoms with E-state index >= 15 is 0 Å². The van der Waals surface area contributed by atoms with E-state index in [1.165, 1.54) is 6.21 Å². The van der Waals surface area contributed by atoms with E-state index in [2.05, 4.69) is 31.8 Å². The lowest BCUT2D eigenvalue weighted by Crippen LogP contribution is -2.34. The van der Waals surface area contributed by atoms with E-state index < -0.39 is 5.91 Å². The monoisotopic (exact) mass is 479 g/mol. The molecule has 3 aromatic carbocycles. The highest BCUT2D eigenvalue weighted by atomic mass is 79.9. The highest BCUT2D eigenvalue weighted by Crippen LogP contribution is 2.22. The van der Waals surface area contributed by atoms with Crippen LogP contribution >= 0.6 is 15.9 Å². The van der Waals surface area contributed by atoms with Gasteiger partial charge < -0.3 is 10.1 Å². The molecule has 0 aliphatic heterocycles. The van der Waals surface area contributed by atoms with E-state index in [9.17, 15) is 9.59 Å². The van der Waals surface area contributed by atoms with Crippen LogP contribution in [0.15, 0.2) is 82.4 Å². The highest BCUT2D eigenvalue weighted by Gasteiger charge is 2.08. The number of rotatable bonds is 8. The zero-order chi connectivity index (χ0) is 22.1. The molecule has 0 aliphatic rings. The van der Waals surface area contributed by atoms with Crippen LogP contribution in [0.4, 0.5) is 0 Å². The second-order valence-corrected chi connectivity index (χ2v) is 7.71. The van der Waals surface area contributed by atoms with Crippen molar-refractivity contribution in [3.05, 3.63) is 99.5 Å². The molecule has 0 radical (unpaired) electrons. The molecule has 0 aromatic heterocycles. The number of hydrazone groups is 1. The molecule has 0 heterocycles. The summed E-state index contributed by atoms with van der Waals surface area (Å²) >= 11 is 3.43. The van der Waals surface area contributed by atoms with Gasteiger partial charge in [-0.3, -0.25) is 9.59 Å². The first-order valence-corrected chi connectivity index (χ1v) is 10.4. The SMILES string of the molecule is Cc1ccc(C(=O)NCC(=O)N/N=C/c2cc(Br)ccc2OCc2ccccc2)cc1. The van der Waals surface area contributed by atoms with Crippen molar-refractivity contribution in [1.29, 1.82) is 0 Å². The summed E-state index contributed by atoms with van der Waals surface area (Å²) in [5, 5.41) is 6.55. The fourth-order valence-electron chi connectivity index (χ4n) is 2.67. The van der Waals surface area contributed by atoms with Crippen molar-refractivity contribution in [2.75, 3.05) is 6.54 Å². The summed E-state index contributed by atoms with van der Waals surface area (Å²) < 4.78 is 6.75. The number of halogens is 1. The molecule has 3 aromatic rings. The molecule has 0 atom stereocenters. The van der Waals surface area contributed by atoms with Crippen LogP contribution in [-0.2, 0) is 11.4 Å². The summed E-state index contributed by atoms with van der Waals surface area (Å²) in [4.78, 5) is 24.1. The van der Waals surface area contributed by atoms with Crippen LogP contribution in [0.1, 0.15) is 27.0 Å². The molecule has 7 heteroatoms. The Morgan fingerprint density at radius 1 is 1.03 bits per heavy atom. The molecule has 0 unspecified atom stereocenters. The molecule has 2 N–H and O–H groups in total. The fraction of sp³-hybridized carbons (Fsp3) is 0.125. The first-order valence-electron chi connectivity index (χ1n) is 9.64. The van der Waals surface area contributed by atoms with Crippen molar-refractivity contribution in [2.45, 2.75) is 13.5 Å². The third-order valence-electron chi connectivity index (χ3n) is 4.33. The summed E-state index contributed by atoms with van der Waals surface area (Å²) in [5.41, 5.74) is 5.72. The minimum atomic E-state index is -0.432. The zero-order valence-corrected chi connectivity index (χ0v) is 18.6. The number of amides is 2. The van der Waals surface area contributed by atoms with Crippen LogP contribution in [0.25, 0.3) is 0 Å². The first-order chi connectivity index (χ1) is 15.0. The van der Waals surface area contributed by atoms with Crippen LogP contribution in [-0.4, -0.2) is 24.6 Å². The molecule has 0 saturated heterocycles. The molecule has 2 amide bonds. The first kappa shape index (κ1) is 22.2. The molecule has 0 spiro atoms. The van der Waals surface area contributed by atoms with Gasteiger partial charge in [0.25, 0.3) is 11.8 Å². The third kappa shape index (κ3) is 7.08. The Kier molecular flexibility index (Phi) is 7.95. The van der Waals surface area contributed by atoms with Gasteiger partial charge in [0.1, 0.15) is 12.4 Å². The molecule has 3 rings (SSSR count). The van der Waals surface area contributed by atoms with Crippen molar-refractivity contribution >= 4 is 34.0 Å². The number of hydrogen-bond donors (Lipinski definition) is 2. The topological polar surface area (TPSA) is 79.8 Å². The molecule has 0 bridgehead atoms. The van der Waals surface area contributed by atoms with E-state index in [0.29, 0.717) is 23.5 Å². The van der Waals surface area contributed by atoms with Crippen LogP contribution < -0.4 is 15.5 Å². The number of hydrogen-bond acceptors (Lipinski definition) is 4. The van der Waals surface area contributed by atoms with Gasteiger partial charge in [-0.1, -0.05) is 64.0 Å². The van der Waals surface area contributed by atoms with Gasteiger partial charge in [0.2, 0.25) is 0 Å². The van der Waals surface area contributed by atoms with E-state index in [1.807, 2.05) is 67.6 Å². The minimum Gasteiger partial charge on any atom is -0.488 e. The Balaban J connectivity index is 1.53. The fourth-order valence-corrected chi connectivity index (χ4v) is 3.05. The van der Waals surface area contributed by atoms with Crippen molar-refractivity contribution in [3.63, 3.8) is 0 Å². The number of nitrogens with zero attached hydrogens (tertiary/aromatic N) is 1. The maximum absolute atomic E-state index is 12.1. The van der Waals surface area contributed by atoms with Crippen LogP contribution in [0.5, 0.6) is 5.75 Å². The number of carbonyl (C=O) groups excluding carboxylic acids is 2. The van der Waals surface area contributed by atoms with Gasteiger partial charge in [-0.2, -0.15) is 5.10 Å². The van der Waals surface area contributed by atoms with Crippen LogP contribution in [0.2, 0.25) is 0 Å². The average molecular weight is 480 g/mol. The Hall–Kier alpha value is -3.45.